The molecule has 2 saturated carbocycles. The molecule has 2 aliphatic rings. The van der Waals surface area contributed by atoms with E-state index in [0.29, 0.717) is 38.6 Å². The average Bonchev–Trinajstić information content (AvgIpc) is 3.56. The predicted molar refractivity (Wildman–Crippen MR) is 191 cm³/mol. The van der Waals surface area contributed by atoms with Crippen LogP contribution in [0.2, 0.25) is 0 Å². The van der Waals surface area contributed by atoms with Gasteiger partial charge in [0.25, 0.3) is 0 Å². The van der Waals surface area contributed by atoms with E-state index in [9.17, 15) is 24.0 Å². The highest BCUT2D eigenvalue weighted by molar-refractivity contribution is 5.93. The van der Waals surface area contributed by atoms with Crippen molar-refractivity contribution in [3.05, 3.63) is 0 Å². The van der Waals surface area contributed by atoms with Gasteiger partial charge in [-0.2, -0.15) is 0 Å². The molecule has 0 aromatic heterocycles. The Labute approximate surface area is 295 Å². The van der Waals surface area contributed by atoms with Gasteiger partial charge < -0.3 is 59.7 Å². The molecule has 0 aromatic rings. The van der Waals surface area contributed by atoms with Gasteiger partial charge in [0.05, 0.1) is 19.1 Å². The van der Waals surface area contributed by atoms with Crippen LogP contribution in [0.3, 0.4) is 0 Å². The van der Waals surface area contributed by atoms with Gasteiger partial charge in [-0.05, 0) is 89.6 Å². The maximum atomic E-state index is 13.2. The van der Waals surface area contributed by atoms with Crippen LogP contribution in [-0.2, 0) is 24.0 Å². The Morgan fingerprint density at radius 2 is 1.20 bits per heavy atom. The lowest BCUT2D eigenvalue weighted by Gasteiger charge is -2.25. The van der Waals surface area contributed by atoms with Crippen LogP contribution in [0.25, 0.3) is 0 Å². The van der Waals surface area contributed by atoms with Gasteiger partial charge in [-0.25, -0.2) is 0 Å². The van der Waals surface area contributed by atoms with E-state index in [0.717, 1.165) is 51.1 Å². The van der Waals surface area contributed by atoms with Crippen LogP contribution in [-0.4, -0.2) is 105 Å². The quantitative estimate of drug-likeness (QED) is 0.0257. The van der Waals surface area contributed by atoms with Gasteiger partial charge in [0.15, 0.2) is 11.9 Å². The normalized spacial score (nSPS) is 16.2. The topological polar surface area (TPSA) is 307 Å². The zero-order chi connectivity index (χ0) is 36.7. The smallest absolute Gasteiger partial charge is 0.243 e. The summed E-state index contributed by atoms with van der Waals surface area (Å²) in [6.45, 7) is 1.72. The summed E-state index contributed by atoms with van der Waals surface area (Å²) < 4.78 is 0. The second-order valence-corrected chi connectivity index (χ2v) is 13.2. The standard InChI is InChI=1S/C32H61N13O5/c33-28(48)23(12-3-4-15-38-18-21-8-5-9-21)45-30(50)25(14-7-17-40-32(36)37)44-27(47)20-41-26(46)19-42-29(49)24(13-6-16-39-31(34)35)43-22-10-1-2-11-22/h21-25,38,43H,1-20H2,(H2,33,48)(H,41,46)(H,42,49)(H,44,47)(H,45,50)(H4,34,35,39)(H4,36,37,40). The van der Waals surface area contributed by atoms with Gasteiger partial charge in [0.2, 0.25) is 29.5 Å². The van der Waals surface area contributed by atoms with Crippen molar-refractivity contribution < 1.29 is 24.0 Å². The van der Waals surface area contributed by atoms with Crippen LogP contribution in [0, 0.1) is 16.7 Å². The van der Waals surface area contributed by atoms with E-state index in [1.165, 1.54) is 19.3 Å². The van der Waals surface area contributed by atoms with E-state index in [2.05, 4.69) is 42.5 Å². The van der Waals surface area contributed by atoms with Crippen LogP contribution in [0.15, 0.2) is 0 Å². The van der Waals surface area contributed by atoms with E-state index in [1.807, 2.05) is 0 Å². The van der Waals surface area contributed by atoms with Crippen molar-refractivity contribution >= 4 is 41.5 Å². The second-order valence-electron chi connectivity index (χ2n) is 13.2. The number of guanidine groups is 2. The van der Waals surface area contributed by atoms with Crippen LogP contribution < -0.4 is 59.7 Å². The van der Waals surface area contributed by atoms with Gasteiger partial charge in [0, 0.05) is 19.1 Å². The predicted octanol–water partition coefficient (Wildman–Crippen LogP) is -2.34. The second kappa shape index (κ2) is 24.0. The summed E-state index contributed by atoms with van der Waals surface area (Å²) in [7, 11) is 0. The molecule has 5 amide bonds. The number of unbranched alkanes of at least 4 members (excludes halogenated alkanes) is 1. The van der Waals surface area contributed by atoms with Crippen molar-refractivity contribution in [2.45, 2.75) is 114 Å². The lowest BCUT2D eigenvalue weighted by Crippen LogP contribution is -2.54. The Morgan fingerprint density at radius 3 is 1.78 bits per heavy atom. The number of hydrogen-bond donors (Lipinski definition) is 13. The molecule has 0 saturated heterocycles. The Kier molecular flexibility index (Phi) is 20.2. The first-order chi connectivity index (χ1) is 23.9. The zero-order valence-electron chi connectivity index (χ0n) is 29.3. The third-order valence-corrected chi connectivity index (χ3v) is 9.01. The maximum Gasteiger partial charge on any atom is 0.243 e. The Morgan fingerprint density at radius 1 is 0.600 bits per heavy atom. The number of primary amides is 1. The molecule has 16 N–H and O–H groups in total. The van der Waals surface area contributed by atoms with Crippen molar-refractivity contribution in [2.75, 3.05) is 39.3 Å². The summed E-state index contributed by atoms with van der Waals surface area (Å²) >= 11 is 0. The number of rotatable bonds is 26. The van der Waals surface area contributed by atoms with E-state index in [1.54, 1.807) is 0 Å². The molecular weight excluding hydrogens is 646 g/mol. The van der Waals surface area contributed by atoms with Crippen LogP contribution in [0.5, 0.6) is 0 Å². The minimum atomic E-state index is -1.04. The molecule has 284 valence electrons. The summed E-state index contributed by atoms with van der Waals surface area (Å²) in [4.78, 5) is 63.6. The summed E-state index contributed by atoms with van der Waals surface area (Å²) in [6.07, 6.45) is 11.4. The lowest BCUT2D eigenvalue weighted by molar-refractivity contribution is -0.132. The SMILES string of the molecule is N=C(N)NCCCC(NC(=O)CNC(=O)CNC(=O)C(CCCNC(=N)N)NC1CCCC1)C(=O)NC(CCCCNCC1CCC1)C(N)=O. The van der Waals surface area contributed by atoms with Gasteiger partial charge in [0.1, 0.15) is 12.1 Å². The van der Waals surface area contributed by atoms with E-state index in [4.69, 9.17) is 28.0 Å². The monoisotopic (exact) mass is 707 g/mol. The number of carbonyl (C=O) groups excluding carboxylic acids is 5. The molecule has 0 heterocycles. The highest BCUT2D eigenvalue weighted by atomic mass is 16.2. The summed E-state index contributed by atoms with van der Waals surface area (Å²) in [6, 6.07) is -2.27. The largest absolute Gasteiger partial charge is 0.370 e. The molecule has 2 fully saturated rings. The van der Waals surface area contributed by atoms with Crippen molar-refractivity contribution in [1.82, 2.24) is 42.5 Å². The number of amides is 5. The fraction of sp³-hybridized carbons (Fsp3) is 0.781. The van der Waals surface area contributed by atoms with Gasteiger partial charge in [-0.15, -0.1) is 0 Å². The van der Waals surface area contributed by atoms with Gasteiger partial charge in [-0.1, -0.05) is 19.3 Å². The van der Waals surface area contributed by atoms with Crippen LogP contribution in [0.1, 0.15) is 89.9 Å². The molecule has 3 unspecified atom stereocenters. The zero-order valence-corrected chi connectivity index (χ0v) is 29.3. The van der Waals surface area contributed by atoms with Crippen molar-refractivity contribution in [3.8, 4) is 0 Å². The molecule has 0 aromatic carbocycles. The molecule has 0 spiro atoms. The highest BCUT2D eigenvalue weighted by Crippen LogP contribution is 2.25. The molecule has 2 aliphatic carbocycles. The first-order valence-electron chi connectivity index (χ1n) is 18.0. The fourth-order valence-electron chi connectivity index (χ4n) is 5.93. The lowest BCUT2D eigenvalue weighted by atomic mass is 9.85. The average molecular weight is 708 g/mol. The molecular formula is C32H61N13O5. The van der Waals surface area contributed by atoms with Crippen molar-refractivity contribution in [2.24, 2.45) is 23.1 Å². The number of nitrogens with two attached hydrogens (primary N) is 3. The molecule has 2 rings (SSSR count). The highest BCUT2D eigenvalue weighted by Gasteiger charge is 2.27. The molecule has 0 bridgehead atoms. The van der Waals surface area contributed by atoms with E-state index >= 15 is 0 Å². The molecule has 0 aliphatic heterocycles. The van der Waals surface area contributed by atoms with E-state index < -0.39 is 48.3 Å². The Bertz CT molecular complexity index is 1110. The molecule has 50 heavy (non-hydrogen) atoms. The summed E-state index contributed by atoms with van der Waals surface area (Å²) in [5.41, 5.74) is 16.2. The van der Waals surface area contributed by atoms with Gasteiger partial charge in [-0.3, -0.25) is 34.8 Å². The summed E-state index contributed by atoms with van der Waals surface area (Å²) in [5.74, 6) is -2.46. The first kappa shape index (κ1) is 42.0. The number of nitrogens with one attached hydrogen (secondary N) is 10. The third-order valence-electron chi connectivity index (χ3n) is 9.01. The Hall–Kier alpha value is -4.19. The molecule has 0 radical (unpaired) electrons. The fourth-order valence-corrected chi connectivity index (χ4v) is 5.93. The van der Waals surface area contributed by atoms with Crippen LogP contribution in [0.4, 0.5) is 0 Å². The molecule has 18 heteroatoms. The number of carbonyl (C=O) groups is 5. The summed E-state index contributed by atoms with van der Waals surface area (Å²) in [5, 5.41) is 37.1. The van der Waals surface area contributed by atoms with Crippen LogP contribution >= 0.6 is 0 Å². The van der Waals surface area contributed by atoms with E-state index in [-0.39, 0.29) is 43.4 Å². The van der Waals surface area contributed by atoms with Gasteiger partial charge >= 0.3 is 0 Å². The molecule has 18 nitrogen and oxygen atoms in total. The third kappa shape index (κ3) is 18.5. The Balaban J connectivity index is 1.83. The minimum Gasteiger partial charge on any atom is -0.370 e. The molecule has 3 atom stereocenters. The number of hydrogen-bond acceptors (Lipinski definition) is 9. The minimum absolute atomic E-state index is 0.143. The van der Waals surface area contributed by atoms with Crippen molar-refractivity contribution in [1.29, 1.82) is 10.8 Å². The first-order valence-corrected chi connectivity index (χ1v) is 18.0. The van der Waals surface area contributed by atoms with Crippen molar-refractivity contribution in [3.63, 3.8) is 0 Å². The maximum absolute atomic E-state index is 13.2.